The Morgan fingerprint density at radius 2 is 1.42 bits per heavy atom. The zero-order valence-electron chi connectivity index (χ0n) is 29.6. The molecule has 0 aliphatic carbocycles. The van der Waals surface area contributed by atoms with Gasteiger partial charge < -0.3 is 38.3 Å². The number of fused-ring (bicyclic) bond motifs is 2. The van der Waals surface area contributed by atoms with Gasteiger partial charge in [-0.05, 0) is 72.2 Å². The summed E-state index contributed by atoms with van der Waals surface area (Å²) in [6.07, 6.45) is 7.99. The van der Waals surface area contributed by atoms with Gasteiger partial charge in [0.05, 0.1) is 18.5 Å². The van der Waals surface area contributed by atoms with Crippen LogP contribution >= 0.6 is 11.8 Å². The number of aliphatic hydroxyl groups is 1. The maximum absolute atomic E-state index is 13.1. The summed E-state index contributed by atoms with van der Waals surface area (Å²) in [6, 6.07) is 10.4. The molecule has 0 saturated carbocycles. The lowest BCUT2D eigenvalue weighted by Crippen LogP contribution is -2.61. The number of rotatable bonds is 20. The molecule has 1 N–H and O–H groups in total. The number of ether oxygens (including phenoxy) is 7. The van der Waals surface area contributed by atoms with E-state index in [4.69, 9.17) is 33.2 Å². The molecule has 0 amide bonds. The molecule has 1 fully saturated rings. The van der Waals surface area contributed by atoms with E-state index in [-0.39, 0.29) is 11.4 Å². The fraction of sp³-hybridized carbons (Fsp3) is 0.692. The highest BCUT2D eigenvalue weighted by Crippen LogP contribution is 2.51. The van der Waals surface area contributed by atoms with Crippen LogP contribution in [0.15, 0.2) is 30.3 Å². The molecular weight excluding hydrogens is 628 g/mol. The van der Waals surface area contributed by atoms with Crippen LogP contribution in [0, 0.1) is 0 Å². The van der Waals surface area contributed by atoms with E-state index < -0.39 is 17.1 Å². The van der Waals surface area contributed by atoms with Crippen molar-refractivity contribution in [1.29, 1.82) is 0 Å². The summed E-state index contributed by atoms with van der Waals surface area (Å²) >= 11 is 1.52. The average Bonchev–Trinajstić information content (AvgIpc) is 3.58. The van der Waals surface area contributed by atoms with Crippen molar-refractivity contribution < 1.29 is 38.3 Å². The summed E-state index contributed by atoms with van der Waals surface area (Å²) in [4.78, 5) is -1.40. The molecule has 48 heavy (non-hydrogen) atoms. The zero-order valence-corrected chi connectivity index (χ0v) is 30.5. The summed E-state index contributed by atoms with van der Waals surface area (Å²) in [7, 11) is 0. The molecule has 3 aliphatic rings. The highest BCUT2D eigenvalue weighted by atomic mass is 32.2. The minimum atomic E-state index is -1.40. The van der Waals surface area contributed by atoms with Crippen LogP contribution in [0.2, 0.25) is 0 Å². The molecule has 5 atom stereocenters. The summed E-state index contributed by atoms with van der Waals surface area (Å²) in [5.41, 5.74) is 4.07. The van der Waals surface area contributed by atoms with E-state index in [1.165, 1.54) is 11.8 Å². The molecule has 3 heterocycles. The van der Waals surface area contributed by atoms with Crippen molar-refractivity contribution in [3.05, 3.63) is 52.6 Å². The van der Waals surface area contributed by atoms with Crippen molar-refractivity contribution in [3.63, 3.8) is 0 Å². The first kappa shape index (κ1) is 37.3. The first-order valence-corrected chi connectivity index (χ1v) is 19.4. The molecule has 9 heteroatoms. The van der Waals surface area contributed by atoms with E-state index in [0.29, 0.717) is 59.3 Å². The first-order chi connectivity index (χ1) is 23.5. The maximum atomic E-state index is 13.1. The van der Waals surface area contributed by atoms with Crippen LogP contribution in [-0.2, 0) is 36.7 Å². The van der Waals surface area contributed by atoms with E-state index in [1.54, 1.807) is 0 Å². The van der Waals surface area contributed by atoms with Crippen LogP contribution in [0.4, 0.5) is 0 Å². The first-order valence-electron chi connectivity index (χ1n) is 18.5. The molecule has 1 unspecified atom stereocenters. The van der Waals surface area contributed by atoms with Crippen molar-refractivity contribution in [3.8, 4) is 17.2 Å². The Hall–Kier alpha value is -2.01. The molecule has 2 aromatic carbocycles. The second kappa shape index (κ2) is 18.8. The second-order valence-corrected chi connectivity index (χ2v) is 14.6. The quantitative estimate of drug-likeness (QED) is 0.142. The van der Waals surface area contributed by atoms with Crippen LogP contribution in [0.25, 0.3) is 0 Å². The number of benzene rings is 2. The molecule has 268 valence electrons. The summed E-state index contributed by atoms with van der Waals surface area (Å²) < 4.78 is 44.3. The van der Waals surface area contributed by atoms with Crippen molar-refractivity contribution in [2.24, 2.45) is 0 Å². The number of hydrogen-bond acceptors (Lipinski definition) is 9. The molecule has 0 aromatic heterocycles. The summed E-state index contributed by atoms with van der Waals surface area (Å²) in [6.45, 7) is 13.3. The molecule has 1 saturated heterocycles. The minimum Gasteiger partial charge on any atom is -0.493 e. The van der Waals surface area contributed by atoms with Crippen LogP contribution in [0.5, 0.6) is 17.2 Å². The fourth-order valence-corrected chi connectivity index (χ4v) is 8.18. The minimum absolute atomic E-state index is 0.146. The Kier molecular flexibility index (Phi) is 14.6. The van der Waals surface area contributed by atoms with Crippen molar-refractivity contribution in [1.82, 2.24) is 0 Å². The third-order valence-corrected chi connectivity index (χ3v) is 10.9. The van der Waals surface area contributed by atoms with Crippen molar-refractivity contribution in [2.75, 3.05) is 52.9 Å². The largest absolute Gasteiger partial charge is 0.493 e. The Balaban J connectivity index is 1.54. The summed E-state index contributed by atoms with van der Waals surface area (Å²) in [5, 5.41) is 13.0. The Labute approximate surface area is 292 Å². The zero-order chi connectivity index (χ0) is 33.8. The molecule has 0 radical (unpaired) electrons. The van der Waals surface area contributed by atoms with Gasteiger partial charge in [-0.15, -0.1) is 11.8 Å². The maximum Gasteiger partial charge on any atom is 0.165 e. The lowest BCUT2D eigenvalue weighted by atomic mass is 9.89. The van der Waals surface area contributed by atoms with E-state index in [2.05, 4.69) is 52.0 Å². The highest BCUT2D eigenvalue weighted by molar-refractivity contribution is 8.00. The van der Waals surface area contributed by atoms with Gasteiger partial charge in [0.15, 0.2) is 16.4 Å². The molecular formula is C39H58O8S. The Bertz CT molecular complexity index is 1270. The van der Waals surface area contributed by atoms with Crippen molar-refractivity contribution >= 4 is 11.8 Å². The van der Waals surface area contributed by atoms with E-state index >= 15 is 0 Å². The standard InChI is InChI=1S/C39H58O8S/c1-5-9-16-41-27-34-36(44-17-10-6-2)37(45-18-11-7-3)38(47-19-12-8-4)39(40,48-34)31-25-29-15-20-46-35(29)30(26-31)23-28-13-14-32-33(24-28)43-22-21-42-32/h13-14,24-26,34,36-38,40H,5-12,15-23,27H2,1-4H3/t34-,36-,37+,38-,39?/m1/s1. The van der Waals surface area contributed by atoms with Gasteiger partial charge in [0.1, 0.15) is 37.3 Å². The van der Waals surface area contributed by atoms with Gasteiger partial charge >= 0.3 is 0 Å². The molecule has 0 bridgehead atoms. The van der Waals surface area contributed by atoms with Crippen LogP contribution in [-0.4, -0.2) is 81.5 Å². The third kappa shape index (κ3) is 9.20. The Morgan fingerprint density at radius 3 is 2.15 bits per heavy atom. The van der Waals surface area contributed by atoms with Crippen LogP contribution < -0.4 is 14.2 Å². The smallest absolute Gasteiger partial charge is 0.165 e. The lowest BCUT2D eigenvalue weighted by molar-refractivity contribution is -0.190. The highest BCUT2D eigenvalue weighted by Gasteiger charge is 2.56. The summed E-state index contributed by atoms with van der Waals surface area (Å²) in [5.74, 6) is 2.46. The fourth-order valence-electron chi connectivity index (χ4n) is 6.60. The molecule has 2 aromatic rings. The van der Waals surface area contributed by atoms with Gasteiger partial charge in [0.2, 0.25) is 0 Å². The monoisotopic (exact) mass is 686 g/mol. The molecule has 0 spiro atoms. The van der Waals surface area contributed by atoms with Gasteiger partial charge in [0.25, 0.3) is 0 Å². The topological polar surface area (TPSA) is 84.8 Å². The molecule has 8 nitrogen and oxygen atoms in total. The van der Waals surface area contributed by atoms with E-state index in [9.17, 15) is 5.11 Å². The van der Waals surface area contributed by atoms with Gasteiger partial charge in [-0.2, -0.15) is 0 Å². The Morgan fingerprint density at radius 1 is 0.750 bits per heavy atom. The normalized spacial score (nSPS) is 24.8. The van der Waals surface area contributed by atoms with Gasteiger partial charge in [-0.25, -0.2) is 0 Å². The third-order valence-electron chi connectivity index (χ3n) is 9.32. The SMILES string of the molecule is CCCCOC[C@H]1SC(O)(c2cc3c(c(Cc4ccc5c(c4)OCCO5)c2)OCC3)[C@H](OCCCC)[C@@H](OCCCC)[C@@H]1OCCCC. The number of thioether (sulfide) groups is 1. The number of unbranched alkanes of at least 4 members (excludes halogenated alkanes) is 4. The van der Waals surface area contributed by atoms with E-state index in [0.717, 1.165) is 97.3 Å². The predicted octanol–water partition coefficient (Wildman–Crippen LogP) is 7.62. The molecule has 3 aliphatic heterocycles. The van der Waals surface area contributed by atoms with E-state index in [1.807, 2.05) is 6.07 Å². The van der Waals surface area contributed by atoms with Gasteiger partial charge in [-0.1, -0.05) is 59.4 Å². The number of hydrogen-bond donors (Lipinski definition) is 1. The van der Waals surface area contributed by atoms with Crippen molar-refractivity contribution in [2.45, 2.75) is 120 Å². The molecule has 5 rings (SSSR count). The van der Waals surface area contributed by atoms with Gasteiger partial charge in [0, 0.05) is 39.3 Å². The average molecular weight is 687 g/mol. The van der Waals surface area contributed by atoms with Crippen LogP contribution in [0.3, 0.4) is 0 Å². The second-order valence-electron chi connectivity index (χ2n) is 13.2. The van der Waals surface area contributed by atoms with Crippen LogP contribution in [0.1, 0.15) is 101 Å². The predicted molar refractivity (Wildman–Crippen MR) is 191 cm³/mol. The van der Waals surface area contributed by atoms with Gasteiger partial charge in [-0.3, -0.25) is 0 Å². The lowest BCUT2D eigenvalue weighted by Gasteiger charge is -2.50.